The molecule has 2 aliphatic rings. The average Bonchev–Trinajstić information content (AvgIpc) is 3.47. The number of hydrogen-bond donors (Lipinski definition) is 2. The summed E-state index contributed by atoms with van der Waals surface area (Å²) >= 11 is 0.544. The van der Waals surface area contributed by atoms with Crippen LogP contribution in [-0.2, 0) is 15.7 Å². The molecule has 1 aliphatic carbocycles. The third-order valence-corrected chi connectivity index (χ3v) is 7.71. The SMILES string of the molecule is O=C(CCC(=O)Nc1nc(-c2cc3ccccc3oc2=O)cs1)NCC1C=CC2=C(CC1)O[I-]O2. The zero-order valence-electron chi connectivity index (χ0n) is 18.4. The number of anilines is 1. The minimum absolute atomic E-state index is 0.0283. The van der Waals surface area contributed by atoms with Crippen LogP contribution in [0.15, 0.2) is 68.6 Å². The number of para-hydroxylation sites is 1. The van der Waals surface area contributed by atoms with E-state index < -0.39 is 27.7 Å². The number of benzene rings is 1. The fourth-order valence-electron chi connectivity index (χ4n) is 3.69. The summed E-state index contributed by atoms with van der Waals surface area (Å²) in [7, 11) is 0. The van der Waals surface area contributed by atoms with Gasteiger partial charge in [-0.2, -0.15) is 0 Å². The standard InChI is InChI=1S/C24H21IN3O6S/c29-21(26-12-14-5-7-19-20(8-6-14)34-25-33-19)9-10-22(30)28-24-27-17(13-35-24)16-11-15-3-1-2-4-18(15)32-23(16)31/h1-5,7,11,13-14H,6,8-10,12H2,(H,26,29)(H,27,28,30)/q-1. The molecular formula is C24H21IN3O6S-. The summed E-state index contributed by atoms with van der Waals surface area (Å²) in [5.41, 5.74) is 0.765. The van der Waals surface area contributed by atoms with Crippen LogP contribution in [0.25, 0.3) is 22.2 Å². The van der Waals surface area contributed by atoms with Gasteiger partial charge < -0.3 is 4.42 Å². The Balaban J connectivity index is 1.10. The van der Waals surface area contributed by atoms with E-state index in [-0.39, 0.29) is 30.6 Å². The molecule has 2 amide bonds. The quantitative estimate of drug-likeness (QED) is 0.303. The number of nitrogens with one attached hydrogen (secondary N) is 2. The first kappa shape index (κ1) is 23.5. The van der Waals surface area contributed by atoms with Crippen molar-refractivity contribution in [1.29, 1.82) is 0 Å². The first-order valence-corrected chi connectivity index (χ1v) is 13.6. The molecule has 5 rings (SSSR count). The predicted octanol–water partition coefficient (Wildman–Crippen LogP) is 0.895. The molecule has 9 nitrogen and oxygen atoms in total. The molecule has 0 saturated carbocycles. The summed E-state index contributed by atoms with van der Waals surface area (Å²) in [5, 5.41) is 8.41. The van der Waals surface area contributed by atoms with E-state index in [2.05, 4.69) is 15.6 Å². The fraction of sp³-hybridized carbons (Fsp3) is 0.250. The Morgan fingerprint density at radius 1 is 1.17 bits per heavy atom. The Bertz CT molecular complexity index is 1400. The van der Waals surface area contributed by atoms with Crippen molar-refractivity contribution in [2.24, 2.45) is 5.92 Å². The second-order valence-corrected chi connectivity index (χ2v) is 10.1. The summed E-state index contributed by atoms with van der Waals surface area (Å²) in [6, 6.07) is 8.95. The fourth-order valence-corrected chi connectivity index (χ4v) is 5.75. The van der Waals surface area contributed by atoms with E-state index in [1.807, 2.05) is 24.3 Å². The third kappa shape index (κ3) is 5.73. The molecule has 0 saturated heterocycles. The topological polar surface area (TPSA) is 120 Å². The van der Waals surface area contributed by atoms with Crippen LogP contribution >= 0.6 is 11.3 Å². The molecule has 1 atom stereocenters. The van der Waals surface area contributed by atoms with Gasteiger partial charge in [0.25, 0.3) is 0 Å². The van der Waals surface area contributed by atoms with Gasteiger partial charge in [0.15, 0.2) is 5.13 Å². The van der Waals surface area contributed by atoms with Gasteiger partial charge in [-0.3, -0.25) is 0 Å². The van der Waals surface area contributed by atoms with Gasteiger partial charge in [0.05, 0.1) is 11.3 Å². The molecule has 0 spiro atoms. The molecule has 3 heterocycles. The van der Waals surface area contributed by atoms with E-state index in [0.717, 1.165) is 29.7 Å². The summed E-state index contributed by atoms with van der Waals surface area (Å²) < 4.78 is 16.4. The van der Waals surface area contributed by atoms with Gasteiger partial charge in [0.1, 0.15) is 5.58 Å². The van der Waals surface area contributed by atoms with E-state index in [0.29, 0.717) is 28.5 Å². The molecule has 0 bridgehead atoms. The van der Waals surface area contributed by atoms with Crippen molar-refractivity contribution in [3.63, 3.8) is 0 Å². The van der Waals surface area contributed by atoms with Crippen molar-refractivity contribution >= 4 is 39.3 Å². The molecule has 0 radical (unpaired) electrons. The molecule has 1 aromatic carbocycles. The Morgan fingerprint density at radius 2 is 2.03 bits per heavy atom. The Hall–Kier alpha value is -3.19. The van der Waals surface area contributed by atoms with Crippen molar-refractivity contribution < 1.29 is 42.2 Å². The number of aromatic nitrogens is 1. The molecule has 2 aromatic heterocycles. The molecule has 0 fully saturated rings. The van der Waals surface area contributed by atoms with Crippen molar-refractivity contribution in [2.45, 2.75) is 25.7 Å². The second kappa shape index (κ2) is 10.6. The molecule has 11 heteroatoms. The van der Waals surface area contributed by atoms with Crippen LogP contribution in [-0.4, -0.2) is 23.3 Å². The maximum absolute atomic E-state index is 12.3. The molecule has 3 aromatic rings. The summed E-state index contributed by atoms with van der Waals surface area (Å²) in [5.74, 6) is 1.40. The molecule has 2 N–H and O–H groups in total. The average molecular weight is 606 g/mol. The van der Waals surface area contributed by atoms with E-state index in [4.69, 9.17) is 10.5 Å². The van der Waals surface area contributed by atoms with E-state index >= 15 is 0 Å². The van der Waals surface area contributed by atoms with E-state index in [9.17, 15) is 14.4 Å². The Kier molecular flexibility index (Phi) is 7.13. The van der Waals surface area contributed by atoms with Gasteiger partial charge in [-0.25, -0.2) is 9.78 Å². The number of carbonyl (C=O) groups is 2. The zero-order chi connectivity index (χ0) is 24.2. The summed E-state index contributed by atoms with van der Waals surface area (Å²) in [6.07, 6.45) is 5.71. The van der Waals surface area contributed by atoms with Crippen LogP contribution in [0.1, 0.15) is 25.7 Å². The van der Waals surface area contributed by atoms with Gasteiger partial charge in [-0.05, 0) is 12.1 Å². The number of thiazole rings is 1. The van der Waals surface area contributed by atoms with Crippen LogP contribution in [0, 0.1) is 5.92 Å². The van der Waals surface area contributed by atoms with Gasteiger partial charge in [0.2, 0.25) is 0 Å². The van der Waals surface area contributed by atoms with Crippen LogP contribution < -0.4 is 38.3 Å². The Labute approximate surface area is 215 Å². The summed E-state index contributed by atoms with van der Waals surface area (Å²) in [4.78, 5) is 41.2. The number of hydrogen-bond acceptors (Lipinski definition) is 8. The van der Waals surface area contributed by atoms with Gasteiger partial charge in [-0.15, -0.1) is 11.3 Å². The van der Waals surface area contributed by atoms with Crippen molar-refractivity contribution in [3.05, 3.63) is 69.8 Å². The molecule has 1 aliphatic heterocycles. The van der Waals surface area contributed by atoms with Gasteiger partial charge in [0, 0.05) is 10.8 Å². The van der Waals surface area contributed by atoms with Crippen LogP contribution in [0.2, 0.25) is 0 Å². The normalized spacial score (nSPS) is 17.1. The van der Waals surface area contributed by atoms with Crippen LogP contribution in [0.4, 0.5) is 5.13 Å². The number of allylic oxidation sites excluding steroid dienone is 2. The first-order valence-electron chi connectivity index (χ1n) is 11.0. The van der Waals surface area contributed by atoms with Crippen molar-refractivity contribution in [3.8, 4) is 11.3 Å². The number of rotatable bonds is 7. The number of carbonyl (C=O) groups excluding carboxylic acids is 2. The predicted molar refractivity (Wildman–Crippen MR) is 126 cm³/mol. The third-order valence-electron chi connectivity index (χ3n) is 5.58. The van der Waals surface area contributed by atoms with Gasteiger partial charge in [-0.1, -0.05) is 18.2 Å². The first-order chi connectivity index (χ1) is 17.0. The molecule has 1 unspecified atom stereocenters. The van der Waals surface area contributed by atoms with Gasteiger partial charge >= 0.3 is 128 Å². The summed E-state index contributed by atoms with van der Waals surface area (Å²) in [6.45, 7) is 0.497. The van der Waals surface area contributed by atoms with Crippen LogP contribution in [0.3, 0.4) is 0 Å². The monoisotopic (exact) mass is 606 g/mol. The molecule has 35 heavy (non-hydrogen) atoms. The Morgan fingerprint density at radius 3 is 2.94 bits per heavy atom. The van der Waals surface area contributed by atoms with Crippen molar-refractivity contribution in [1.82, 2.24) is 10.3 Å². The maximum atomic E-state index is 12.3. The van der Waals surface area contributed by atoms with Crippen LogP contribution in [0.5, 0.6) is 0 Å². The number of amides is 2. The number of nitrogens with zero attached hydrogens (tertiary/aromatic N) is 1. The van der Waals surface area contributed by atoms with E-state index in [1.165, 1.54) is 11.3 Å². The molecule has 182 valence electrons. The zero-order valence-corrected chi connectivity index (χ0v) is 21.4. The number of halogens is 1. The molecular weight excluding hydrogens is 585 g/mol. The van der Waals surface area contributed by atoms with Crippen molar-refractivity contribution in [2.75, 3.05) is 11.9 Å². The number of fused-ring (bicyclic) bond motifs is 1. The van der Waals surface area contributed by atoms with E-state index in [1.54, 1.807) is 23.6 Å². The minimum atomic E-state index is -0.661. The second-order valence-electron chi connectivity index (χ2n) is 8.04.